The Hall–Kier alpha value is 6.00. The Labute approximate surface area is 315 Å². The van der Waals surface area contributed by atoms with Crippen LogP contribution in [-0.2, 0) is 233 Å². The van der Waals surface area contributed by atoms with Crippen LogP contribution >= 0.6 is 0 Å². The van der Waals surface area contributed by atoms with Gasteiger partial charge in [-0.15, -0.1) is 11.6 Å². The topological polar surface area (TPSA) is 26.5 Å². The molecule has 0 saturated carbocycles. The molecule has 24 heavy (non-hydrogen) atoms. The maximum Gasteiger partial charge on any atom is 0.0200 e. The average molecular weight is 602 g/mol. The fourth-order valence-electron chi connectivity index (χ4n) is 1.51. The third-order valence-electron chi connectivity index (χ3n) is 2.46. The molecule has 2 nitrogen and oxygen atoms in total. The molecule has 0 unspecified atom stereocenters. The summed E-state index contributed by atoms with van der Waals surface area (Å²) in [5.74, 6) is 0. The van der Waals surface area contributed by atoms with Gasteiger partial charge in [0.25, 0.3) is 0 Å². The predicted molar refractivity (Wildman–Crippen MR) is 64.6 cm³/mol. The van der Waals surface area contributed by atoms with Crippen molar-refractivity contribution in [3.8, 4) is 0 Å². The van der Waals surface area contributed by atoms with E-state index in [1.54, 1.807) is 0 Å². The van der Waals surface area contributed by atoms with Crippen molar-refractivity contribution >= 4 is 6.21 Å². The molecule has 0 aromatic heterocycles. The zero-order valence-corrected chi connectivity index (χ0v) is 30.0. The quantitative estimate of drug-likeness (QED) is 0.436. The molecule has 0 aromatic rings. The molecule has 0 fully saturated rings. The summed E-state index contributed by atoms with van der Waals surface area (Å²) in [6.45, 7) is 9.50. The van der Waals surface area contributed by atoms with Crippen LogP contribution in [0.2, 0.25) is 0 Å². The van der Waals surface area contributed by atoms with Crippen LogP contribution < -0.4 is 0 Å². The molecular formula is C13H13N2Sc9-3. The van der Waals surface area contributed by atoms with Gasteiger partial charge in [-0.05, 0) is 0 Å². The van der Waals surface area contributed by atoms with Crippen molar-refractivity contribution in [2.24, 2.45) is 4.99 Å². The van der Waals surface area contributed by atoms with Gasteiger partial charge in [0, 0.05) is 245 Å². The van der Waals surface area contributed by atoms with E-state index in [2.05, 4.69) is 24.2 Å². The van der Waals surface area contributed by atoms with Crippen molar-refractivity contribution in [3.05, 3.63) is 65.9 Å². The number of nitrogens with zero attached hydrogens (tertiary/aromatic N) is 2. The molecule has 2 aliphatic heterocycles. The second-order valence-corrected chi connectivity index (χ2v) is 3.56. The van der Waals surface area contributed by atoms with Gasteiger partial charge in [0.15, 0.2) is 0 Å². The standard InChI is InChI=1S/C13H13N2.9Sc/c1-10(12-3-5-14-8-12)7-11(2)13-4-6-15-9-13;;;;;;;;;/h3-7H,1-2,8-9H2;;;;;;;;;/q-3;;;;;;;;;. The van der Waals surface area contributed by atoms with Gasteiger partial charge in [-0.3, -0.25) is 0 Å². The van der Waals surface area contributed by atoms with Crippen LogP contribution in [0.25, 0.3) is 5.32 Å². The molecule has 2 rings (SSSR count). The molecule has 0 aromatic carbocycles. The van der Waals surface area contributed by atoms with Gasteiger partial charge in [0.1, 0.15) is 0 Å². The van der Waals surface area contributed by atoms with E-state index in [0.29, 0.717) is 0 Å². The number of aliphatic imine (C=N–C) groups is 1. The molecule has 2 heterocycles. The Morgan fingerprint density at radius 3 is 1.88 bits per heavy atom. The SMILES string of the molecule is [CH2-]C(=CC([CH2-])=C1C=C[N-]C1)C1=CC=NC1.[Sc].[Sc].[Sc].[Sc].[Sc].[Sc].[Sc].[Sc].[Sc]. The molecule has 0 saturated heterocycles. The molecule has 0 amide bonds. The van der Waals surface area contributed by atoms with E-state index in [9.17, 15) is 0 Å². The Kier molecular flexibility index (Phi) is 67.7. The summed E-state index contributed by atoms with van der Waals surface area (Å²) in [7, 11) is 0. The largest absolute Gasteiger partial charge is 0.697 e. The van der Waals surface area contributed by atoms with Gasteiger partial charge in [0.05, 0.1) is 0 Å². The molecule has 0 spiro atoms. The van der Waals surface area contributed by atoms with Gasteiger partial charge < -0.3 is 10.3 Å². The van der Waals surface area contributed by atoms with E-state index in [0.717, 1.165) is 35.4 Å². The van der Waals surface area contributed by atoms with Crippen LogP contribution in [0.15, 0.2) is 51.7 Å². The minimum Gasteiger partial charge on any atom is -0.697 e. The predicted octanol–water partition coefficient (Wildman–Crippen LogP) is 2.77. The Morgan fingerprint density at radius 1 is 0.958 bits per heavy atom. The first kappa shape index (κ1) is 52.1. The molecular weight excluding hydrogens is 589 g/mol. The summed E-state index contributed by atoms with van der Waals surface area (Å²) in [6, 6.07) is 0. The van der Waals surface area contributed by atoms with Crippen molar-refractivity contribution in [1.82, 2.24) is 0 Å². The second kappa shape index (κ2) is 31.2. The van der Waals surface area contributed by atoms with Crippen LogP contribution in [0.4, 0.5) is 0 Å². The molecule has 2 aliphatic rings. The molecule has 0 N–H and O–H groups in total. The summed E-state index contributed by atoms with van der Waals surface area (Å²) < 4.78 is 0. The van der Waals surface area contributed by atoms with Crippen molar-refractivity contribution in [1.29, 1.82) is 0 Å². The average Bonchev–Trinajstić information content (AvgIpc) is 2.91. The third-order valence-corrected chi connectivity index (χ3v) is 2.46. The summed E-state index contributed by atoms with van der Waals surface area (Å²) >= 11 is 0. The zero-order chi connectivity index (χ0) is 10.7. The number of rotatable bonds is 2. The summed E-state index contributed by atoms with van der Waals surface area (Å²) in [5, 5.41) is 4.12. The monoisotopic (exact) mass is 602 g/mol. The normalized spacial score (nSPS) is 14.3. The van der Waals surface area contributed by atoms with Crippen molar-refractivity contribution < 1.29 is 233 Å². The van der Waals surface area contributed by atoms with Crippen molar-refractivity contribution in [2.75, 3.05) is 13.1 Å². The maximum absolute atomic E-state index is 4.12. The minimum absolute atomic E-state index is 0. The Morgan fingerprint density at radius 2 is 1.50 bits per heavy atom. The van der Waals surface area contributed by atoms with Crippen molar-refractivity contribution in [3.63, 3.8) is 0 Å². The maximum atomic E-state index is 4.12. The van der Waals surface area contributed by atoms with E-state index in [1.165, 1.54) is 0 Å². The van der Waals surface area contributed by atoms with E-state index < -0.39 is 0 Å². The van der Waals surface area contributed by atoms with Gasteiger partial charge in [-0.25, -0.2) is 0 Å². The van der Waals surface area contributed by atoms with E-state index in [1.807, 2.05) is 30.6 Å². The molecule has 9 radical (unpaired) electrons. The van der Waals surface area contributed by atoms with Crippen LogP contribution in [0.5, 0.6) is 0 Å². The fourth-order valence-corrected chi connectivity index (χ4v) is 1.51. The molecule has 0 bridgehead atoms. The van der Waals surface area contributed by atoms with Crippen LogP contribution in [0, 0.1) is 13.8 Å². The smallest absolute Gasteiger partial charge is 0.0200 e. The first-order chi connectivity index (χ1) is 7.27. The Bertz CT molecular complexity index is 429. The molecule has 11 heteroatoms. The van der Waals surface area contributed by atoms with Crippen LogP contribution in [-0.4, -0.2) is 19.3 Å². The van der Waals surface area contributed by atoms with E-state index >= 15 is 0 Å². The van der Waals surface area contributed by atoms with Gasteiger partial charge in [-0.2, -0.15) is 49.4 Å². The fraction of sp³-hybridized carbons (Fsp3) is 0.154. The third kappa shape index (κ3) is 19.9. The van der Waals surface area contributed by atoms with E-state index in [-0.39, 0.29) is 233 Å². The van der Waals surface area contributed by atoms with Crippen LogP contribution in [0.3, 0.4) is 0 Å². The summed E-state index contributed by atoms with van der Waals surface area (Å²) in [6.07, 6.45) is 9.61. The van der Waals surface area contributed by atoms with E-state index in [4.69, 9.17) is 0 Å². The minimum atomic E-state index is 0. The Balaban J connectivity index is -0.0000000474. The summed E-state index contributed by atoms with van der Waals surface area (Å²) in [4.78, 5) is 4.12. The first-order valence-corrected chi connectivity index (χ1v) is 4.88. The summed E-state index contributed by atoms with van der Waals surface area (Å²) in [5.41, 5.74) is 4.31. The van der Waals surface area contributed by atoms with Gasteiger partial charge in [-0.1, -0.05) is 6.08 Å². The number of allylic oxidation sites excluding steroid dienone is 3. The number of hydrogen-bond donors (Lipinski definition) is 0. The van der Waals surface area contributed by atoms with Gasteiger partial charge in [0.2, 0.25) is 0 Å². The molecule has 0 aliphatic carbocycles. The molecule has 0 atom stereocenters. The van der Waals surface area contributed by atoms with Gasteiger partial charge >= 0.3 is 0 Å². The first-order valence-electron chi connectivity index (χ1n) is 4.88. The van der Waals surface area contributed by atoms with Crippen LogP contribution in [0.1, 0.15) is 0 Å². The molecule has 105 valence electrons. The second-order valence-electron chi connectivity index (χ2n) is 3.56. The van der Waals surface area contributed by atoms with Crippen molar-refractivity contribution in [2.45, 2.75) is 0 Å². The zero-order valence-electron chi connectivity index (χ0n) is 13.8. The number of hydrogen-bond acceptors (Lipinski definition) is 1.